The zero-order valence-electron chi connectivity index (χ0n) is 6.03. The van der Waals surface area contributed by atoms with E-state index in [1.54, 1.807) is 0 Å². The van der Waals surface area contributed by atoms with E-state index in [4.69, 9.17) is 5.11 Å². The Balaban J connectivity index is 3.20. The molecule has 0 saturated heterocycles. The van der Waals surface area contributed by atoms with Crippen LogP contribution in [-0.4, -0.2) is 10.1 Å². The molecule has 10 heavy (non-hydrogen) atoms. The molecule has 3 heteroatoms. The Bertz CT molecular complexity index is 242. The highest BCUT2D eigenvalue weighted by atomic mass is 127. The maximum Gasteiger partial charge on any atom is 0.0832 e. The van der Waals surface area contributed by atoms with Crippen molar-refractivity contribution in [3.63, 3.8) is 0 Å². The van der Waals surface area contributed by atoms with E-state index in [-0.39, 0.29) is 6.61 Å². The van der Waals surface area contributed by atoms with Gasteiger partial charge in [0.05, 0.1) is 10.3 Å². The van der Waals surface area contributed by atoms with Crippen LogP contribution in [0.4, 0.5) is 0 Å². The second kappa shape index (κ2) is 2.92. The van der Waals surface area contributed by atoms with Gasteiger partial charge in [-0.3, -0.25) is 0 Å². The maximum absolute atomic E-state index is 8.89. The van der Waals surface area contributed by atoms with E-state index >= 15 is 0 Å². The van der Waals surface area contributed by atoms with Crippen LogP contribution in [0.2, 0.25) is 0 Å². The fraction of sp³-hybridized carbons (Fsp3) is 0.429. The minimum absolute atomic E-state index is 0.133. The van der Waals surface area contributed by atoms with Crippen molar-refractivity contribution in [3.8, 4) is 0 Å². The standard InChI is InChI=1S/C7H10INO/c1-4-5(2)9-7(8)6(4)3-10/h9-10H,3H2,1-2H3. The Morgan fingerprint density at radius 3 is 2.30 bits per heavy atom. The van der Waals surface area contributed by atoms with Gasteiger partial charge in [0.25, 0.3) is 0 Å². The summed E-state index contributed by atoms with van der Waals surface area (Å²) in [5.41, 5.74) is 3.35. The summed E-state index contributed by atoms with van der Waals surface area (Å²) < 4.78 is 1.05. The van der Waals surface area contributed by atoms with Crippen molar-refractivity contribution in [2.75, 3.05) is 0 Å². The molecule has 1 aromatic rings. The van der Waals surface area contributed by atoms with E-state index in [2.05, 4.69) is 27.6 Å². The lowest BCUT2D eigenvalue weighted by Crippen LogP contribution is -1.85. The summed E-state index contributed by atoms with van der Waals surface area (Å²) >= 11 is 2.19. The van der Waals surface area contributed by atoms with Gasteiger partial charge in [0.1, 0.15) is 0 Å². The average Bonchev–Trinajstić information content (AvgIpc) is 2.09. The van der Waals surface area contributed by atoms with Gasteiger partial charge in [0.2, 0.25) is 0 Å². The highest BCUT2D eigenvalue weighted by molar-refractivity contribution is 14.1. The summed E-state index contributed by atoms with van der Waals surface area (Å²) in [5, 5.41) is 8.89. The van der Waals surface area contributed by atoms with E-state index in [9.17, 15) is 0 Å². The number of rotatable bonds is 1. The number of H-pyrrole nitrogens is 1. The molecule has 0 spiro atoms. The summed E-state index contributed by atoms with van der Waals surface area (Å²) in [6.07, 6.45) is 0. The normalized spacial score (nSPS) is 10.4. The number of hydrogen-bond acceptors (Lipinski definition) is 1. The first-order valence-corrected chi connectivity index (χ1v) is 4.19. The van der Waals surface area contributed by atoms with E-state index in [0.29, 0.717) is 0 Å². The fourth-order valence-electron chi connectivity index (χ4n) is 0.913. The van der Waals surface area contributed by atoms with Crippen LogP contribution in [-0.2, 0) is 6.61 Å². The second-order valence-electron chi connectivity index (χ2n) is 2.33. The largest absolute Gasteiger partial charge is 0.392 e. The molecule has 0 aliphatic heterocycles. The van der Waals surface area contributed by atoms with E-state index in [1.807, 2.05) is 13.8 Å². The number of aromatic nitrogens is 1. The van der Waals surface area contributed by atoms with Crippen LogP contribution in [0, 0.1) is 17.5 Å². The van der Waals surface area contributed by atoms with Crippen LogP contribution in [0.5, 0.6) is 0 Å². The molecule has 0 amide bonds. The molecular formula is C7H10INO. The number of aryl methyl sites for hydroxylation is 1. The molecule has 0 unspecified atom stereocenters. The van der Waals surface area contributed by atoms with Crippen molar-refractivity contribution in [1.29, 1.82) is 0 Å². The highest BCUT2D eigenvalue weighted by Crippen LogP contribution is 2.18. The lowest BCUT2D eigenvalue weighted by Gasteiger charge is -1.92. The van der Waals surface area contributed by atoms with Gasteiger partial charge in [0, 0.05) is 11.3 Å². The molecule has 0 aromatic carbocycles. The van der Waals surface area contributed by atoms with E-state index < -0.39 is 0 Å². The van der Waals surface area contributed by atoms with Gasteiger partial charge in [-0.05, 0) is 42.0 Å². The van der Waals surface area contributed by atoms with Gasteiger partial charge >= 0.3 is 0 Å². The first-order chi connectivity index (χ1) is 4.66. The third-order valence-electron chi connectivity index (χ3n) is 1.74. The highest BCUT2D eigenvalue weighted by Gasteiger charge is 2.06. The fourth-order valence-corrected chi connectivity index (χ4v) is 1.89. The zero-order valence-corrected chi connectivity index (χ0v) is 8.19. The molecule has 0 aliphatic rings. The predicted octanol–water partition coefficient (Wildman–Crippen LogP) is 1.73. The minimum atomic E-state index is 0.133. The van der Waals surface area contributed by atoms with Gasteiger partial charge in [-0.1, -0.05) is 0 Å². The summed E-state index contributed by atoms with van der Waals surface area (Å²) in [6.45, 7) is 4.16. The van der Waals surface area contributed by atoms with Crippen LogP contribution in [0.3, 0.4) is 0 Å². The van der Waals surface area contributed by atoms with Crippen LogP contribution in [0.15, 0.2) is 0 Å². The molecule has 2 nitrogen and oxygen atoms in total. The molecule has 0 fully saturated rings. The summed E-state index contributed by atoms with van der Waals surface area (Å²) in [4.78, 5) is 3.15. The molecule has 0 saturated carbocycles. The number of halogens is 1. The van der Waals surface area contributed by atoms with Crippen molar-refractivity contribution in [2.24, 2.45) is 0 Å². The van der Waals surface area contributed by atoms with Crippen molar-refractivity contribution < 1.29 is 5.11 Å². The monoisotopic (exact) mass is 251 g/mol. The Morgan fingerprint density at radius 1 is 1.50 bits per heavy atom. The number of aliphatic hydroxyl groups excluding tert-OH is 1. The Labute approximate surface area is 73.8 Å². The van der Waals surface area contributed by atoms with Crippen molar-refractivity contribution in [2.45, 2.75) is 20.5 Å². The maximum atomic E-state index is 8.89. The summed E-state index contributed by atoms with van der Waals surface area (Å²) in [7, 11) is 0. The first-order valence-electron chi connectivity index (χ1n) is 3.11. The molecule has 56 valence electrons. The zero-order chi connectivity index (χ0) is 7.72. The van der Waals surface area contributed by atoms with Gasteiger partial charge in [-0.25, -0.2) is 0 Å². The third kappa shape index (κ3) is 1.20. The van der Waals surface area contributed by atoms with Crippen molar-refractivity contribution >= 4 is 22.6 Å². The molecule has 2 N–H and O–H groups in total. The number of aromatic amines is 1. The topological polar surface area (TPSA) is 36.0 Å². The molecule has 0 radical (unpaired) electrons. The Kier molecular flexibility index (Phi) is 2.36. The van der Waals surface area contributed by atoms with Gasteiger partial charge in [-0.2, -0.15) is 0 Å². The predicted molar refractivity (Wildman–Crippen MR) is 48.9 cm³/mol. The lowest BCUT2D eigenvalue weighted by atomic mass is 10.2. The third-order valence-corrected chi connectivity index (χ3v) is 2.66. The minimum Gasteiger partial charge on any atom is -0.392 e. The molecule has 1 rings (SSSR count). The SMILES string of the molecule is Cc1[nH]c(I)c(CO)c1C. The van der Waals surface area contributed by atoms with E-state index in [1.165, 1.54) is 5.56 Å². The Hall–Kier alpha value is -0.0300. The van der Waals surface area contributed by atoms with Crippen LogP contribution in [0.1, 0.15) is 16.8 Å². The molecule has 1 aromatic heterocycles. The quantitative estimate of drug-likeness (QED) is 0.732. The average molecular weight is 251 g/mol. The first kappa shape index (κ1) is 8.07. The summed E-state index contributed by atoms with van der Waals surface area (Å²) in [6, 6.07) is 0. The van der Waals surface area contributed by atoms with Crippen molar-refractivity contribution in [1.82, 2.24) is 4.98 Å². The molecule has 0 bridgehead atoms. The molecular weight excluding hydrogens is 241 g/mol. The molecule has 1 heterocycles. The van der Waals surface area contributed by atoms with Gasteiger partial charge in [-0.15, -0.1) is 0 Å². The van der Waals surface area contributed by atoms with Gasteiger partial charge < -0.3 is 10.1 Å². The molecule has 0 aliphatic carbocycles. The second-order valence-corrected chi connectivity index (χ2v) is 3.40. The van der Waals surface area contributed by atoms with Crippen molar-refractivity contribution in [3.05, 3.63) is 20.5 Å². The van der Waals surface area contributed by atoms with E-state index in [0.717, 1.165) is 15.0 Å². The summed E-state index contributed by atoms with van der Waals surface area (Å²) in [5.74, 6) is 0. The molecule has 0 atom stereocenters. The number of hydrogen-bond donors (Lipinski definition) is 2. The van der Waals surface area contributed by atoms with Crippen LogP contribution < -0.4 is 0 Å². The van der Waals surface area contributed by atoms with Gasteiger partial charge in [0.15, 0.2) is 0 Å². The number of nitrogens with one attached hydrogen (secondary N) is 1. The number of aliphatic hydroxyl groups is 1. The smallest absolute Gasteiger partial charge is 0.0832 e. The lowest BCUT2D eigenvalue weighted by molar-refractivity contribution is 0.280. The van der Waals surface area contributed by atoms with Crippen LogP contribution in [0.25, 0.3) is 0 Å². The Morgan fingerprint density at radius 2 is 2.10 bits per heavy atom. The van der Waals surface area contributed by atoms with Crippen LogP contribution >= 0.6 is 22.6 Å².